The van der Waals surface area contributed by atoms with Gasteiger partial charge in [0.2, 0.25) is 0 Å². The molecule has 0 unspecified atom stereocenters. The van der Waals surface area contributed by atoms with Crippen LogP contribution in [0.2, 0.25) is 0 Å². The molecule has 5 rings (SSSR count). The predicted octanol–water partition coefficient (Wildman–Crippen LogP) is 5.94. The van der Waals surface area contributed by atoms with Gasteiger partial charge in [-0.1, -0.05) is 37.3 Å². The number of allylic oxidation sites excluding steroid dienone is 1. The number of fused-ring (bicyclic) bond motifs is 1. The van der Waals surface area contributed by atoms with Crippen molar-refractivity contribution in [2.45, 2.75) is 20.3 Å². The fourth-order valence-electron chi connectivity index (χ4n) is 4.12. The van der Waals surface area contributed by atoms with E-state index in [1.54, 1.807) is 29.0 Å². The van der Waals surface area contributed by atoms with E-state index in [0.717, 1.165) is 34.5 Å². The Balaban J connectivity index is 1.65. The molecule has 0 aliphatic rings. The number of nitriles is 1. The Morgan fingerprint density at radius 1 is 1.11 bits per heavy atom. The molecule has 3 aromatic carbocycles. The van der Waals surface area contributed by atoms with Crippen LogP contribution in [0.3, 0.4) is 0 Å². The average Bonchev–Trinajstić information content (AvgIpc) is 3.35. The molecule has 0 bridgehead atoms. The van der Waals surface area contributed by atoms with E-state index in [2.05, 4.69) is 23.0 Å². The lowest BCUT2D eigenvalue weighted by Crippen LogP contribution is -2.11. The number of nitrogens with one attached hydrogen (secondary N) is 1. The number of aryl methyl sites for hydroxylation is 1. The van der Waals surface area contributed by atoms with E-state index < -0.39 is 0 Å². The lowest BCUT2D eigenvalue weighted by molar-refractivity contribution is 0.315. The maximum atomic E-state index is 12.6. The molecule has 7 nitrogen and oxygen atoms in total. The first kappa shape index (κ1) is 23.8. The molecule has 0 aliphatic heterocycles. The van der Waals surface area contributed by atoms with Crippen LogP contribution in [0.5, 0.6) is 5.75 Å². The fourth-order valence-corrected chi connectivity index (χ4v) is 4.12. The van der Waals surface area contributed by atoms with E-state index in [0.29, 0.717) is 23.2 Å². The molecule has 37 heavy (non-hydrogen) atoms. The summed E-state index contributed by atoms with van der Waals surface area (Å²) in [6, 6.07) is 25.0. The molecule has 0 fully saturated rings. The minimum absolute atomic E-state index is 0.212. The first-order chi connectivity index (χ1) is 18.1. The standard InChI is InChI=1S/C30H25N5O2/c1-3-15-37-27-14-13-21(16-20(27)2)28-23(19-35(34-28)24-9-5-4-6-10-24)17-22(18-31)29-32-26-12-8-7-11-25(26)30(36)33-29/h4-14,16-17,19H,3,15H2,1-2H3,(H,32,33,36)/b22-17+. The molecule has 0 saturated carbocycles. The zero-order valence-corrected chi connectivity index (χ0v) is 20.6. The number of aromatic nitrogens is 4. The van der Waals surface area contributed by atoms with Gasteiger partial charge in [-0.15, -0.1) is 0 Å². The quantitative estimate of drug-likeness (QED) is 0.287. The maximum absolute atomic E-state index is 12.6. The van der Waals surface area contributed by atoms with E-state index in [4.69, 9.17) is 9.84 Å². The molecule has 0 saturated heterocycles. The molecule has 5 aromatic rings. The topological polar surface area (TPSA) is 96.6 Å². The van der Waals surface area contributed by atoms with Crippen LogP contribution in [0.1, 0.15) is 30.3 Å². The predicted molar refractivity (Wildman–Crippen MR) is 145 cm³/mol. The largest absolute Gasteiger partial charge is 0.493 e. The summed E-state index contributed by atoms with van der Waals surface area (Å²) in [6.45, 7) is 4.73. The number of H-pyrrole nitrogens is 1. The van der Waals surface area contributed by atoms with E-state index in [1.807, 2.05) is 67.7 Å². The number of ether oxygens (including phenoxy) is 1. The zero-order chi connectivity index (χ0) is 25.8. The molecule has 1 N–H and O–H groups in total. The Labute approximate surface area is 214 Å². The van der Waals surface area contributed by atoms with Gasteiger partial charge in [-0.2, -0.15) is 10.4 Å². The molecular formula is C30H25N5O2. The molecule has 182 valence electrons. The molecule has 0 spiro atoms. The number of hydrogen-bond donors (Lipinski definition) is 1. The molecule has 0 atom stereocenters. The number of para-hydroxylation sites is 2. The third-order valence-electron chi connectivity index (χ3n) is 5.96. The summed E-state index contributed by atoms with van der Waals surface area (Å²) in [7, 11) is 0. The summed E-state index contributed by atoms with van der Waals surface area (Å²) in [5, 5.41) is 15.4. The smallest absolute Gasteiger partial charge is 0.259 e. The van der Waals surface area contributed by atoms with Crippen molar-refractivity contribution in [2.75, 3.05) is 6.61 Å². The summed E-state index contributed by atoms with van der Waals surface area (Å²) in [6.07, 6.45) is 4.52. The lowest BCUT2D eigenvalue weighted by Gasteiger charge is -2.09. The van der Waals surface area contributed by atoms with Crippen LogP contribution in [0.15, 0.2) is 83.8 Å². The number of nitrogens with zero attached hydrogens (tertiary/aromatic N) is 4. The highest BCUT2D eigenvalue weighted by Crippen LogP contribution is 2.30. The van der Waals surface area contributed by atoms with Gasteiger partial charge in [0.1, 0.15) is 17.5 Å². The highest BCUT2D eigenvalue weighted by atomic mass is 16.5. The van der Waals surface area contributed by atoms with Crippen molar-refractivity contribution in [3.8, 4) is 28.8 Å². The second kappa shape index (κ2) is 10.3. The van der Waals surface area contributed by atoms with Gasteiger partial charge in [0, 0.05) is 17.3 Å². The fraction of sp³-hybridized carbons (Fsp3) is 0.133. The summed E-state index contributed by atoms with van der Waals surface area (Å²) < 4.78 is 7.63. The van der Waals surface area contributed by atoms with Gasteiger partial charge in [0.05, 0.1) is 28.8 Å². The van der Waals surface area contributed by atoms with Crippen molar-refractivity contribution < 1.29 is 4.74 Å². The number of aromatic amines is 1. The number of hydrogen-bond acceptors (Lipinski definition) is 5. The summed E-state index contributed by atoms with van der Waals surface area (Å²) >= 11 is 0. The van der Waals surface area contributed by atoms with Crippen molar-refractivity contribution in [1.29, 1.82) is 5.26 Å². The van der Waals surface area contributed by atoms with Crippen molar-refractivity contribution in [2.24, 2.45) is 0 Å². The average molecular weight is 488 g/mol. The van der Waals surface area contributed by atoms with Gasteiger partial charge in [0.15, 0.2) is 5.82 Å². The van der Waals surface area contributed by atoms with Crippen LogP contribution < -0.4 is 10.3 Å². The number of rotatable bonds is 7. The van der Waals surface area contributed by atoms with Crippen LogP contribution in [0, 0.1) is 18.3 Å². The second-order valence-electron chi connectivity index (χ2n) is 8.64. The second-order valence-corrected chi connectivity index (χ2v) is 8.64. The highest BCUT2D eigenvalue weighted by molar-refractivity contribution is 5.91. The Hall–Kier alpha value is -4.96. The zero-order valence-electron chi connectivity index (χ0n) is 20.6. The third kappa shape index (κ3) is 4.91. The molecule has 7 heteroatoms. The SMILES string of the molecule is CCCOc1ccc(-c2nn(-c3ccccc3)cc2/C=C(\C#N)c2nc3ccccc3c(=O)[nH]2)cc1C. The van der Waals surface area contributed by atoms with E-state index >= 15 is 0 Å². The van der Waals surface area contributed by atoms with Crippen LogP contribution >= 0.6 is 0 Å². The Morgan fingerprint density at radius 3 is 2.65 bits per heavy atom. The minimum Gasteiger partial charge on any atom is -0.493 e. The van der Waals surface area contributed by atoms with Crippen molar-refractivity contribution in [1.82, 2.24) is 19.7 Å². The van der Waals surface area contributed by atoms with Gasteiger partial charge in [-0.05, 0) is 67.4 Å². The summed E-state index contributed by atoms with van der Waals surface area (Å²) in [4.78, 5) is 19.9. The third-order valence-corrected chi connectivity index (χ3v) is 5.96. The maximum Gasteiger partial charge on any atom is 0.259 e. The Kier molecular flexibility index (Phi) is 6.64. The Bertz CT molecular complexity index is 1710. The molecule has 0 amide bonds. The van der Waals surface area contributed by atoms with Crippen molar-refractivity contribution in [3.63, 3.8) is 0 Å². The first-order valence-corrected chi connectivity index (χ1v) is 12.1. The van der Waals surface area contributed by atoms with E-state index in [-0.39, 0.29) is 17.0 Å². The molecule has 2 heterocycles. The Morgan fingerprint density at radius 2 is 1.89 bits per heavy atom. The molecule has 2 aromatic heterocycles. The van der Waals surface area contributed by atoms with Crippen molar-refractivity contribution >= 4 is 22.6 Å². The molecule has 0 aliphatic carbocycles. The molecule has 0 radical (unpaired) electrons. The van der Waals surface area contributed by atoms with Gasteiger partial charge in [-0.3, -0.25) is 4.79 Å². The van der Waals surface area contributed by atoms with Gasteiger partial charge < -0.3 is 9.72 Å². The van der Waals surface area contributed by atoms with Gasteiger partial charge >= 0.3 is 0 Å². The minimum atomic E-state index is -0.291. The van der Waals surface area contributed by atoms with Crippen LogP contribution in [0.25, 0.3) is 39.5 Å². The summed E-state index contributed by atoms with van der Waals surface area (Å²) in [5.41, 5.74) is 4.66. The van der Waals surface area contributed by atoms with E-state index in [9.17, 15) is 10.1 Å². The molecular weight excluding hydrogens is 462 g/mol. The monoisotopic (exact) mass is 487 g/mol. The first-order valence-electron chi connectivity index (χ1n) is 12.1. The van der Waals surface area contributed by atoms with Crippen LogP contribution in [-0.4, -0.2) is 26.4 Å². The van der Waals surface area contributed by atoms with Crippen molar-refractivity contribution in [3.05, 3.63) is 106 Å². The summed E-state index contributed by atoms with van der Waals surface area (Å²) in [5.74, 6) is 1.05. The van der Waals surface area contributed by atoms with Crippen LogP contribution in [-0.2, 0) is 0 Å². The number of benzene rings is 3. The lowest BCUT2D eigenvalue weighted by atomic mass is 10.0. The van der Waals surface area contributed by atoms with Crippen LogP contribution in [0.4, 0.5) is 0 Å². The highest BCUT2D eigenvalue weighted by Gasteiger charge is 2.15. The van der Waals surface area contributed by atoms with E-state index in [1.165, 1.54) is 0 Å². The van der Waals surface area contributed by atoms with Gasteiger partial charge in [0.25, 0.3) is 5.56 Å². The normalized spacial score (nSPS) is 11.4. The van der Waals surface area contributed by atoms with Gasteiger partial charge in [-0.25, -0.2) is 9.67 Å².